The summed E-state index contributed by atoms with van der Waals surface area (Å²) in [6.45, 7) is 10.3. The minimum Gasteiger partial charge on any atom is -0.497 e. The van der Waals surface area contributed by atoms with E-state index >= 15 is 0 Å². The molecule has 0 aliphatic rings. The van der Waals surface area contributed by atoms with E-state index < -0.39 is 6.10 Å². The monoisotopic (exact) mass is 383 g/mol. The van der Waals surface area contributed by atoms with Crippen LogP contribution in [0.3, 0.4) is 0 Å². The minimum atomic E-state index is -0.520. The fourth-order valence-corrected chi connectivity index (χ4v) is 3.16. The lowest BCUT2D eigenvalue weighted by Crippen LogP contribution is -2.40. The van der Waals surface area contributed by atoms with Gasteiger partial charge in [0.15, 0.2) is 6.10 Å². The number of rotatable bonds is 9. The van der Waals surface area contributed by atoms with Crippen LogP contribution in [0.1, 0.15) is 56.3 Å². The molecular formula is C24H33NO3. The number of methoxy groups -OCH3 is 1. The molecular weight excluding hydrogens is 350 g/mol. The van der Waals surface area contributed by atoms with E-state index in [1.807, 2.05) is 63.2 Å². The van der Waals surface area contributed by atoms with Crippen LogP contribution in [-0.4, -0.2) is 19.1 Å². The highest BCUT2D eigenvalue weighted by molar-refractivity contribution is 5.81. The second kappa shape index (κ2) is 10.2. The molecule has 4 heteroatoms. The molecule has 0 fully saturated rings. The Morgan fingerprint density at radius 3 is 2.32 bits per heavy atom. The maximum absolute atomic E-state index is 13.0. The van der Waals surface area contributed by atoms with Crippen LogP contribution < -0.4 is 14.8 Å². The van der Waals surface area contributed by atoms with Crippen LogP contribution in [-0.2, 0) is 4.79 Å². The third kappa shape index (κ3) is 6.01. The topological polar surface area (TPSA) is 47.6 Å². The van der Waals surface area contributed by atoms with E-state index in [0.29, 0.717) is 12.3 Å². The zero-order chi connectivity index (χ0) is 20.7. The van der Waals surface area contributed by atoms with Gasteiger partial charge >= 0.3 is 0 Å². The first-order valence-electron chi connectivity index (χ1n) is 10.0. The van der Waals surface area contributed by atoms with Crippen LogP contribution in [0.15, 0.2) is 42.5 Å². The maximum atomic E-state index is 13.0. The molecule has 0 aliphatic heterocycles. The average Bonchev–Trinajstić information content (AvgIpc) is 2.67. The van der Waals surface area contributed by atoms with Crippen molar-refractivity contribution in [3.05, 3.63) is 59.2 Å². The highest BCUT2D eigenvalue weighted by atomic mass is 16.5. The molecule has 0 saturated heterocycles. The summed E-state index contributed by atoms with van der Waals surface area (Å²) in [5.74, 6) is 1.95. The lowest BCUT2D eigenvalue weighted by Gasteiger charge is -2.25. The van der Waals surface area contributed by atoms with Crippen molar-refractivity contribution in [2.45, 2.75) is 59.6 Å². The zero-order valence-electron chi connectivity index (χ0n) is 17.9. The third-order valence-corrected chi connectivity index (χ3v) is 4.82. The van der Waals surface area contributed by atoms with Crippen molar-refractivity contribution in [2.75, 3.05) is 7.11 Å². The number of aryl methyl sites for hydroxylation is 2. The Morgan fingerprint density at radius 1 is 1.07 bits per heavy atom. The first-order chi connectivity index (χ1) is 13.3. The summed E-state index contributed by atoms with van der Waals surface area (Å²) in [4.78, 5) is 13.0. The molecule has 1 amide bonds. The van der Waals surface area contributed by atoms with Gasteiger partial charge in [-0.25, -0.2) is 0 Å². The van der Waals surface area contributed by atoms with Gasteiger partial charge < -0.3 is 14.8 Å². The zero-order valence-corrected chi connectivity index (χ0v) is 17.9. The van der Waals surface area contributed by atoms with Crippen LogP contribution in [0, 0.1) is 19.8 Å². The van der Waals surface area contributed by atoms with Crippen LogP contribution in [0.4, 0.5) is 0 Å². The molecule has 0 aromatic heterocycles. The van der Waals surface area contributed by atoms with Crippen molar-refractivity contribution in [3.63, 3.8) is 0 Å². The molecule has 0 aliphatic carbocycles. The molecule has 0 spiro atoms. The van der Waals surface area contributed by atoms with Crippen molar-refractivity contribution in [1.82, 2.24) is 5.32 Å². The normalized spacial score (nSPS) is 13.1. The molecule has 0 bridgehead atoms. The number of hydrogen-bond acceptors (Lipinski definition) is 3. The van der Waals surface area contributed by atoms with Gasteiger partial charge in [0.25, 0.3) is 5.91 Å². The lowest BCUT2D eigenvalue weighted by molar-refractivity contribution is -0.129. The van der Waals surface area contributed by atoms with Gasteiger partial charge in [-0.05, 0) is 67.5 Å². The molecule has 0 unspecified atom stereocenters. The van der Waals surface area contributed by atoms with E-state index in [4.69, 9.17) is 9.47 Å². The van der Waals surface area contributed by atoms with E-state index in [9.17, 15) is 4.79 Å². The summed E-state index contributed by atoms with van der Waals surface area (Å²) in [5, 5.41) is 3.20. The molecule has 2 aromatic carbocycles. The predicted octanol–water partition coefficient (Wildman–Crippen LogP) is 5.37. The molecule has 0 saturated carbocycles. The number of nitrogens with one attached hydrogen (secondary N) is 1. The van der Waals surface area contributed by atoms with Crippen LogP contribution in [0.5, 0.6) is 11.5 Å². The average molecular weight is 384 g/mol. The van der Waals surface area contributed by atoms with Gasteiger partial charge in [-0.15, -0.1) is 0 Å². The summed E-state index contributed by atoms with van der Waals surface area (Å²) in [7, 11) is 1.65. The molecule has 152 valence electrons. The van der Waals surface area contributed by atoms with Gasteiger partial charge in [0.2, 0.25) is 0 Å². The van der Waals surface area contributed by atoms with E-state index in [2.05, 4.69) is 19.2 Å². The van der Waals surface area contributed by atoms with Gasteiger partial charge in [-0.1, -0.05) is 45.0 Å². The summed E-state index contributed by atoms with van der Waals surface area (Å²) >= 11 is 0. The highest BCUT2D eigenvalue weighted by Gasteiger charge is 2.24. The third-order valence-electron chi connectivity index (χ3n) is 4.82. The fourth-order valence-electron chi connectivity index (χ4n) is 3.16. The molecule has 1 N–H and O–H groups in total. The molecule has 0 heterocycles. The number of carbonyl (C=O) groups excluding carboxylic acids is 1. The maximum Gasteiger partial charge on any atom is 0.261 e. The lowest BCUT2D eigenvalue weighted by atomic mass is 9.96. The largest absolute Gasteiger partial charge is 0.497 e. The standard InChI is InChI=1S/C24H33NO3/c1-7-22(28-23-15-17(4)8-9-18(23)5)24(26)25-21(14-16(2)3)19-10-12-20(27-6)13-11-19/h8-13,15-16,21-22H,7,14H2,1-6H3,(H,25,26)/t21-,22-/m0/s1. The van der Waals surface area contributed by atoms with E-state index in [0.717, 1.165) is 34.6 Å². The first-order valence-corrected chi connectivity index (χ1v) is 10.0. The fraction of sp³-hybridized carbons (Fsp3) is 0.458. The number of amides is 1. The van der Waals surface area contributed by atoms with Crippen molar-refractivity contribution >= 4 is 5.91 Å². The van der Waals surface area contributed by atoms with E-state index in [-0.39, 0.29) is 11.9 Å². The number of carbonyl (C=O) groups is 1. The van der Waals surface area contributed by atoms with Crippen molar-refractivity contribution in [3.8, 4) is 11.5 Å². The van der Waals surface area contributed by atoms with Crippen molar-refractivity contribution in [2.24, 2.45) is 5.92 Å². The Kier molecular flexibility index (Phi) is 7.91. The van der Waals surface area contributed by atoms with Crippen LogP contribution in [0.2, 0.25) is 0 Å². The van der Waals surface area contributed by atoms with Gasteiger partial charge in [-0.2, -0.15) is 0 Å². The van der Waals surface area contributed by atoms with Crippen molar-refractivity contribution in [1.29, 1.82) is 0 Å². The summed E-state index contributed by atoms with van der Waals surface area (Å²) in [5.41, 5.74) is 3.22. The smallest absolute Gasteiger partial charge is 0.261 e. The quantitative estimate of drug-likeness (QED) is 0.633. The Morgan fingerprint density at radius 2 is 1.75 bits per heavy atom. The Hall–Kier alpha value is -2.49. The predicted molar refractivity (Wildman–Crippen MR) is 114 cm³/mol. The molecule has 0 radical (unpaired) electrons. The van der Waals surface area contributed by atoms with Crippen LogP contribution in [0.25, 0.3) is 0 Å². The minimum absolute atomic E-state index is 0.0605. The SMILES string of the molecule is CC[C@H](Oc1cc(C)ccc1C)C(=O)N[C@@H](CC(C)C)c1ccc(OC)cc1. The number of benzene rings is 2. The molecule has 2 rings (SSSR count). The van der Waals surface area contributed by atoms with E-state index in [1.54, 1.807) is 7.11 Å². The summed E-state index contributed by atoms with van der Waals surface area (Å²) < 4.78 is 11.3. The Balaban J connectivity index is 2.16. The molecule has 4 nitrogen and oxygen atoms in total. The number of hydrogen-bond donors (Lipinski definition) is 1. The Labute approximate surface area is 169 Å². The second-order valence-electron chi connectivity index (χ2n) is 7.75. The molecule has 2 atom stereocenters. The Bertz CT molecular complexity index is 768. The van der Waals surface area contributed by atoms with Gasteiger partial charge in [-0.3, -0.25) is 4.79 Å². The first kappa shape index (κ1) is 21.8. The second-order valence-corrected chi connectivity index (χ2v) is 7.75. The highest BCUT2D eigenvalue weighted by Crippen LogP contribution is 2.25. The summed E-state index contributed by atoms with van der Waals surface area (Å²) in [6.07, 6.45) is 0.946. The van der Waals surface area contributed by atoms with Crippen LogP contribution >= 0.6 is 0 Å². The van der Waals surface area contributed by atoms with E-state index in [1.165, 1.54) is 0 Å². The van der Waals surface area contributed by atoms with Gasteiger partial charge in [0, 0.05) is 0 Å². The molecule has 28 heavy (non-hydrogen) atoms. The van der Waals surface area contributed by atoms with Crippen molar-refractivity contribution < 1.29 is 14.3 Å². The number of ether oxygens (including phenoxy) is 2. The van der Waals surface area contributed by atoms with Gasteiger partial charge in [0.1, 0.15) is 11.5 Å². The molecule has 2 aromatic rings. The summed E-state index contributed by atoms with van der Waals surface area (Å²) in [6, 6.07) is 13.9. The van der Waals surface area contributed by atoms with Gasteiger partial charge in [0.05, 0.1) is 13.2 Å².